The Bertz CT molecular complexity index is 436. The molecule has 0 aliphatic carbocycles. The number of terminal acetylenes is 1. The van der Waals surface area contributed by atoms with Gasteiger partial charge in [0.25, 0.3) is 0 Å². The number of aromatic nitrogens is 1. The Hall–Kier alpha value is -1.58. The Kier molecular flexibility index (Phi) is 3.08. The van der Waals surface area contributed by atoms with E-state index in [1.165, 1.54) is 11.3 Å². The quantitative estimate of drug-likeness (QED) is 0.682. The first-order valence-electron chi connectivity index (χ1n) is 4.91. The predicted molar refractivity (Wildman–Crippen MR) is 61.9 cm³/mol. The monoisotopic (exact) mass is 236 g/mol. The van der Waals surface area contributed by atoms with E-state index in [1.54, 1.807) is 4.90 Å². The smallest absolute Gasteiger partial charge is 0.315 e. The third-order valence-corrected chi connectivity index (χ3v) is 3.31. The topological polar surface area (TPSA) is 71.2 Å². The lowest BCUT2D eigenvalue weighted by Gasteiger charge is -2.33. The van der Waals surface area contributed by atoms with Crippen molar-refractivity contribution < 1.29 is 4.79 Å². The van der Waals surface area contributed by atoms with Gasteiger partial charge in [0.1, 0.15) is 0 Å². The molecule has 0 saturated carbocycles. The Morgan fingerprint density at radius 1 is 1.81 bits per heavy atom. The Morgan fingerprint density at radius 2 is 2.62 bits per heavy atom. The summed E-state index contributed by atoms with van der Waals surface area (Å²) in [4.78, 5) is 17.2. The third kappa shape index (κ3) is 2.01. The van der Waals surface area contributed by atoms with Crippen molar-refractivity contribution in [1.82, 2.24) is 15.2 Å². The van der Waals surface area contributed by atoms with Gasteiger partial charge in [-0.2, -0.15) is 0 Å². The maximum atomic E-state index is 11.3. The summed E-state index contributed by atoms with van der Waals surface area (Å²) >= 11 is 1.40. The number of urea groups is 1. The molecule has 2 rings (SSSR count). The first kappa shape index (κ1) is 10.9. The summed E-state index contributed by atoms with van der Waals surface area (Å²) in [5, 5.41) is 5.72. The molecule has 2 amide bonds. The fraction of sp³-hybridized carbons (Fsp3) is 0.400. The standard InChI is InChI=1S/C10H12N4OS/c1-2-9-13-7(6-16-9)8-5-12-3-4-14(8)10(11)15/h1,6,8,12H,3-5H2,(H2,11,15). The second kappa shape index (κ2) is 4.51. The summed E-state index contributed by atoms with van der Waals surface area (Å²) in [5.41, 5.74) is 6.14. The van der Waals surface area contributed by atoms with Crippen LogP contribution in [-0.4, -0.2) is 35.5 Å². The van der Waals surface area contributed by atoms with Gasteiger partial charge >= 0.3 is 6.03 Å². The minimum absolute atomic E-state index is 0.107. The SMILES string of the molecule is C#Cc1nc(C2CNCCN2C(N)=O)cs1. The molecule has 1 aliphatic heterocycles. The number of amides is 2. The van der Waals surface area contributed by atoms with E-state index in [9.17, 15) is 4.79 Å². The molecule has 0 radical (unpaired) electrons. The molecule has 1 unspecified atom stereocenters. The van der Waals surface area contributed by atoms with Crippen LogP contribution in [0.5, 0.6) is 0 Å². The van der Waals surface area contributed by atoms with E-state index in [0.29, 0.717) is 18.1 Å². The third-order valence-electron chi connectivity index (χ3n) is 2.51. The van der Waals surface area contributed by atoms with Gasteiger partial charge in [-0.1, -0.05) is 0 Å². The second-order valence-corrected chi connectivity index (χ2v) is 4.33. The number of primary amides is 1. The van der Waals surface area contributed by atoms with E-state index in [0.717, 1.165) is 12.2 Å². The second-order valence-electron chi connectivity index (χ2n) is 3.47. The van der Waals surface area contributed by atoms with Crippen molar-refractivity contribution in [2.45, 2.75) is 6.04 Å². The summed E-state index contributed by atoms with van der Waals surface area (Å²) in [6.07, 6.45) is 5.26. The molecule has 1 aromatic rings. The number of carbonyl (C=O) groups excluding carboxylic acids is 1. The molecule has 1 aromatic heterocycles. The highest BCUT2D eigenvalue weighted by atomic mass is 32.1. The predicted octanol–water partition coefficient (Wildman–Crippen LogP) is 0.149. The lowest BCUT2D eigenvalue weighted by molar-refractivity contribution is 0.166. The molecule has 2 heterocycles. The minimum atomic E-state index is -0.415. The van der Waals surface area contributed by atoms with Gasteiger partial charge in [-0.3, -0.25) is 0 Å². The number of nitrogens with one attached hydrogen (secondary N) is 1. The van der Waals surface area contributed by atoms with Gasteiger partial charge in [-0.15, -0.1) is 17.8 Å². The highest BCUT2D eigenvalue weighted by Crippen LogP contribution is 2.23. The molecule has 1 saturated heterocycles. The van der Waals surface area contributed by atoms with Crippen molar-refractivity contribution in [2.24, 2.45) is 5.73 Å². The lowest BCUT2D eigenvalue weighted by atomic mass is 10.1. The zero-order valence-corrected chi connectivity index (χ0v) is 9.46. The van der Waals surface area contributed by atoms with Crippen LogP contribution in [0, 0.1) is 12.3 Å². The van der Waals surface area contributed by atoms with Crippen LogP contribution in [0.4, 0.5) is 4.79 Å². The van der Waals surface area contributed by atoms with E-state index >= 15 is 0 Å². The van der Waals surface area contributed by atoms with E-state index in [2.05, 4.69) is 16.2 Å². The fourth-order valence-electron chi connectivity index (χ4n) is 1.74. The molecular weight excluding hydrogens is 224 g/mol. The van der Waals surface area contributed by atoms with Crippen LogP contribution >= 0.6 is 11.3 Å². The molecule has 0 spiro atoms. The number of rotatable bonds is 1. The van der Waals surface area contributed by atoms with E-state index in [1.807, 2.05) is 5.38 Å². The van der Waals surface area contributed by atoms with E-state index in [4.69, 9.17) is 12.2 Å². The number of nitrogens with zero attached hydrogens (tertiary/aromatic N) is 2. The van der Waals surface area contributed by atoms with Crippen LogP contribution in [-0.2, 0) is 0 Å². The number of piperazine rings is 1. The zero-order valence-electron chi connectivity index (χ0n) is 8.64. The van der Waals surface area contributed by atoms with Crippen molar-refractivity contribution in [1.29, 1.82) is 0 Å². The largest absolute Gasteiger partial charge is 0.351 e. The minimum Gasteiger partial charge on any atom is -0.351 e. The summed E-state index contributed by atoms with van der Waals surface area (Å²) in [7, 11) is 0. The number of nitrogens with two attached hydrogens (primary N) is 1. The normalized spacial score (nSPS) is 20.4. The van der Waals surface area contributed by atoms with Gasteiger partial charge in [0.2, 0.25) is 0 Å². The van der Waals surface area contributed by atoms with Crippen molar-refractivity contribution >= 4 is 17.4 Å². The van der Waals surface area contributed by atoms with Gasteiger partial charge in [0.15, 0.2) is 5.01 Å². The van der Waals surface area contributed by atoms with Crippen LogP contribution in [0.25, 0.3) is 0 Å². The van der Waals surface area contributed by atoms with Crippen molar-refractivity contribution in [3.8, 4) is 12.3 Å². The zero-order chi connectivity index (χ0) is 11.5. The van der Waals surface area contributed by atoms with Crippen LogP contribution in [0.2, 0.25) is 0 Å². The molecule has 1 atom stereocenters. The van der Waals surface area contributed by atoms with Gasteiger partial charge in [-0.25, -0.2) is 9.78 Å². The van der Waals surface area contributed by atoms with Crippen molar-refractivity contribution in [2.75, 3.05) is 19.6 Å². The number of thiazole rings is 1. The Balaban J connectivity index is 2.23. The summed E-state index contributed by atoms with van der Waals surface area (Å²) < 4.78 is 0. The molecule has 6 heteroatoms. The molecule has 0 bridgehead atoms. The van der Waals surface area contributed by atoms with E-state index in [-0.39, 0.29) is 6.04 Å². The highest BCUT2D eigenvalue weighted by Gasteiger charge is 2.27. The van der Waals surface area contributed by atoms with Crippen LogP contribution < -0.4 is 11.1 Å². The average Bonchev–Trinajstić information content (AvgIpc) is 2.77. The molecular formula is C10H12N4OS. The van der Waals surface area contributed by atoms with Gasteiger partial charge in [0, 0.05) is 25.0 Å². The van der Waals surface area contributed by atoms with Crippen LogP contribution in [0.3, 0.4) is 0 Å². The Morgan fingerprint density at radius 3 is 3.25 bits per heavy atom. The van der Waals surface area contributed by atoms with Crippen molar-refractivity contribution in [3.63, 3.8) is 0 Å². The first-order chi connectivity index (χ1) is 7.72. The highest BCUT2D eigenvalue weighted by molar-refractivity contribution is 7.10. The molecule has 1 fully saturated rings. The van der Waals surface area contributed by atoms with Crippen molar-refractivity contribution in [3.05, 3.63) is 16.1 Å². The number of hydrogen-bond donors (Lipinski definition) is 2. The molecule has 5 nitrogen and oxygen atoms in total. The lowest BCUT2D eigenvalue weighted by Crippen LogP contribution is -2.50. The first-order valence-corrected chi connectivity index (χ1v) is 5.79. The summed E-state index contributed by atoms with van der Waals surface area (Å²) in [6, 6.07) is -0.522. The number of carbonyl (C=O) groups is 1. The average molecular weight is 236 g/mol. The molecule has 16 heavy (non-hydrogen) atoms. The van der Waals surface area contributed by atoms with Crippen LogP contribution in [0.15, 0.2) is 5.38 Å². The van der Waals surface area contributed by atoms with Crippen LogP contribution in [0.1, 0.15) is 16.7 Å². The number of hydrogen-bond acceptors (Lipinski definition) is 4. The van der Waals surface area contributed by atoms with Gasteiger partial charge < -0.3 is 16.0 Å². The maximum absolute atomic E-state index is 11.3. The molecule has 3 N–H and O–H groups in total. The summed E-state index contributed by atoms with van der Waals surface area (Å²) in [5.74, 6) is 2.48. The van der Waals surface area contributed by atoms with E-state index < -0.39 is 6.03 Å². The fourth-order valence-corrected chi connectivity index (χ4v) is 2.41. The molecule has 0 aromatic carbocycles. The Labute approximate surface area is 97.7 Å². The summed E-state index contributed by atoms with van der Waals surface area (Å²) in [6.45, 7) is 2.02. The maximum Gasteiger partial charge on any atom is 0.315 e. The van der Waals surface area contributed by atoms with Gasteiger partial charge in [0.05, 0.1) is 11.7 Å². The van der Waals surface area contributed by atoms with Gasteiger partial charge in [-0.05, 0) is 5.92 Å². The molecule has 1 aliphatic rings. The molecule has 84 valence electrons.